The predicted molar refractivity (Wildman–Crippen MR) is 127 cm³/mol. The van der Waals surface area contributed by atoms with E-state index in [1.807, 2.05) is 19.1 Å². The molecule has 0 aromatic heterocycles. The van der Waals surface area contributed by atoms with Gasteiger partial charge in [0.2, 0.25) is 0 Å². The van der Waals surface area contributed by atoms with Gasteiger partial charge in [-0.15, -0.1) is 0 Å². The Bertz CT molecular complexity index is 1480. The summed E-state index contributed by atoms with van der Waals surface area (Å²) in [7, 11) is -4.33. The number of carbonyl (C=O) groups is 2. The molecule has 4 aromatic rings. The smallest absolute Gasteiger partial charge is 0.294 e. The first-order chi connectivity index (χ1) is 15.7. The van der Waals surface area contributed by atoms with Crippen molar-refractivity contribution in [2.24, 2.45) is 0 Å². The second kappa shape index (κ2) is 8.85. The van der Waals surface area contributed by atoms with Crippen LogP contribution in [0.25, 0.3) is 10.8 Å². The molecule has 0 saturated heterocycles. The fraction of sp³-hybridized carbons (Fsp3) is 0.0400. The van der Waals surface area contributed by atoms with Crippen LogP contribution in [0.3, 0.4) is 0 Å². The summed E-state index contributed by atoms with van der Waals surface area (Å²) in [6, 6.07) is 22.9. The van der Waals surface area contributed by atoms with Gasteiger partial charge in [0.05, 0.1) is 4.90 Å². The predicted octanol–water partition coefficient (Wildman–Crippen LogP) is 4.90. The third kappa shape index (κ3) is 5.08. The van der Waals surface area contributed by atoms with Crippen molar-refractivity contribution in [2.75, 3.05) is 10.6 Å². The van der Waals surface area contributed by atoms with E-state index in [2.05, 4.69) is 10.6 Å². The lowest BCUT2D eigenvalue weighted by Crippen LogP contribution is -2.15. The van der Waals surface area contributed by atoms with Gasteiger partial charge in [-0.1, -0.05) is 42.0 Å². The Labute approximate surface area is 190 Å². The third-order valence-corrected chi connectivity index (χ3v) is 5.94. The highest BCUT2D eigenvalue weighted by atomic mass is 32.2. The normalized spacial score (nSPS) is 11.2. The van der Waals surface area contributed by atoms with E-state index in [4.69, 9.17) is 0 Å². The molecule has 7 nitrogen and oxygen atoms in total. The van der Waals surface area contributed by atoms with Crippen molar-refractivity contribution in [2.45, 2.75) is 11.8 Å². The molecule has 0 spiro atoms. The first kappa shape index (κ1) is 22.2. The quantitative estimate of drug-likeness (QED) is 0.367. The molecule has 4 rings (SSSR count). The van der Waals surface area contributed by atoms with Gasteiger partial charge in [0.25, 0.3) is 21.9 Å². The lowest BCUT2D eigenvalue weighted by molar-refractivity contribution is 0.101. The Morgan fingerprint density at radius 3 is 2.18 bits per heavy atom. The maximum Gasteiger partial charge on any atom is 0.294 e. The fourth-order valence-corrected chi connectivity index (χ4v) is 3.89. The Morgan fingerprint density at radius 1 is 0.758 bits per heavy atom. The number of hydrogen-bond donors (Lipinski definition) is 3. The number of hydrogen-bond acceptors (Lipinski definition) is 4. The second-order valence-corrected chi connectivity index (χ2v) is 8.94. The number of carbonyl (C=O) groups excluding carboxylic acids is 2. The van der Waals surface area contributed by atoms with Gasteiger partial charge in [-0.2, -0.15) is 8.42 Å². The molecule has 0 unspecified atom stereocenters. The summed E-state index contributed by atoms with van der Waals surface area (Å²) in [5, 5.41) is 6.76. The fourth-order valence-electron chi connectivity index (χ4n) is 3.37. The van der Waals surface area contributed by atoms with Crippen LogP contribution >= 0.6 is 0 Å². The van der Waals surface area contributed by atoms with Crippen LogP contribution in [-0.2, 0) is 10.1 Å². The van der Waals surface area contributed by atoms with Crippen LogP contribution in [0.15, 0.2) is 89.8 Å². The van der Waals surface area contributed by atoms with E-state index in [9.17, 15) is 22.6 Å². The van der Waals surface area contributed by atoms with E-state index < -0.39 is 16.0 Å². The van der Waals surface area contributed by atoms with Gasteiger partial charge in [-0.3, -0.25) is 14.1 Å². The molecular formula is C25H20N2O5S. The highest BCUT2D eigenvalue weighted by Gasteiger charge is 2.14. The lowest BCUT2D eigenvalue weighted by atomic mass is 10.1. The summed E-state index contributed by atoms with van der Waals surface area (Å²) in [4.78, 5) is 25.1. The first-order valence-electron chi connectivity index (χ1n) is 10.0. The Hall–Kier alpha value is -4.01. The zero-order chi connectivity index (χ0) is 23.6. The van der Waals surface area contributed by atoms with Crippen LogP contribution < -0.4 is 10.6 Å². The average molecular weight is 461 g/mol. The van der Waals surface area contributed by atoms with Crippen molar-refractivity contribution in [3.05, 3.63) is 102 Å². The first-order valence-corrected chi connectivity index (χ1v) is 11.4. The molecule has 3 N–H and O–H groups in total. The zero-order valence-electron chi connectivity index (χ0n) is 17.6. The Kier molecular flexibility index (Phi) is 5.95. The van der Waals surface area contributed by atoms with Gasteiger partial charge in [0, 0.05) is 27.9 Å². The minimum atomic E-state index is -4.33. The number of aryl methyl sites for hydroxylation is 1. The van der Waals surface area contributed by atoms with Gasteiger partial charge < -0.3 is 10.6 Å². The van der Waals surface area contributed by atoms with Crippen LogP contribution in [0.1, 0.15) is 26.3 Å². The van der Waals surface area contributed by atoms with Crippen LogP contribution in [0.5, 0.6) is 0 Å². The van der Waals surface area contributed by atoms with E-state index in [0.717, 1.165) is 5.56 Å². The molecule has 0 bridgehead atoms. The van der Waals surface area contributed by atoms with Crippen LogP contribution in [0, 0.1) is 6.92 Å². The standard InChI is InChI=1S/C25H20N2O5S/c1-16-8-10-17(11-9-16)24(28)26-20-6-2-5-19(14-20)25(29)27-23-7-3-4-18-15-21(33(30,31)32)12-13-22(18)23/h2-15H,1H3,(H,26,28)(H,27,29)(H,30,31,32). The number of anilines is 2. The number of amides is 2. The summed E-state index contributed by atoms with van der Waals surface area (Å²) >= 11 is 0. The minimum absolute atomic E-state index is 0.226. The topological polar surface area (TPSA) is 113 Å². The van der Waals surface area contributed by atoms with Crippen molar-refractivity contribution >= 4 is 44.1 Å². The highest BCUT2D eigenvalue weighted by molar-refractivity contribution is 7.85. The number of benzene rings is 4. The summed E-state index contributed by atoms with van der Waals surface area (Å²) < 4.78 is 32.0. The van der Waals surface area contributed by atoms with E-state index in [0.29, 0.717) is 33.3 Å². The molecule has 0 aliphatic heterocycles. The van der Waals surface area contributed by atoms with E-state index >= 15 is 0 Å². The molecule has 2 amide bonds. The zero-order valence-corrected chi connectivity index (χ0v) is 18.4. The summed E-state index contributed by atoms with van der Waals surface area (Å²) in [6.45, 7) is 1.94. The summed E-state index contributed by atoms with van der Waals surface area (Å²) in [6.07, 6.45) is 0. The van der Waals surface area contributed by atoms with Gasteiger partial charge in [-0.05, 0) is 60.8 Å². The summed E-state index contributed by atoms with van der Waals surface area (Å²) in [5.41, 5.74) is 2.85. The van der Waals surface area contributed by atoms with Crippen LogP contribution in [0.4, 0.5) is 11.4 Å². The van der Waals surface area contributed by atoms with Gasteiger partial charge in [0.15, 0.2) is 0 Å². The lowest BCUT2D eigenvalue weighted by Gasteiger charge is -2.11. The molecule has 8 heteroatoms. The SMILES string of the molecule is Cc1ccc(C(=O)Nc2cccc(C(=O)Nc3cccc4cc(S(=O)(=O)O)ccc34)c2)cc1. The van der Waals surface area contributed by atoms with Crippen molar-refractivity contribution in [3.63, 3.8) is 0 Å². The van der Waals surface area contributed by atoms with E-state index in [1.54, 1.807) is 54.6 Å². The van der Waals surface area contributed by atoms with Crippen LogP contribution in [-0.4, -0.2) is 24.8 Å². The van der Waals surface area contributed by atoms with Crippen molar-refractivity contribution in [3.8, 4) is 0 Å². The number of fused-ring (bicyclic) bond motifs is 1. The van der Waals surface area contributed by atoms with Crippen molar-refractivity contribution in [1.82, 2.24) is 0 Å². The van der Waals surface area contributed by atoms with Gasteiger partial charge in [-0.25, -0.2) is 0 Å². The van der Waals surface area contributed by atoms with Crippen LogP contribution in [0.2, 0.25) is 0 Å². The van der Waals surface area contributed by atoms with E-state index in [-0.39, 0.29) is 10.8 Å². The van der Waals surface area contributed by atoms with Gasteiger partial charge in [0.1, 0.15) is 0 Å². The molecule has 0 atom stereocenters. The number of nitrogens with one attached hydrogen (secondary N) is 2. The molecule has 33 heavy (non-hydrogen) atoms. The molecule has 0 saturated carbocycles. The Morgan fingerprint density at radius 2 is 1.45 bits per heavy atom. The molecule has 0 aliphatic carbocycles. The maximum atomic E-state index is 12.9. The van der Waals surface area contributed by atoms with Gasteiger partial charge >= 0.3 is 0 Å². The highest BCUT2D eigenvalue weighted by Crippen LogP contribution is 2.26. The third-order valence-electron chi connectivity index (χ3n) is 5.09. The minimum Gasteiger partial charge on any atom is -0.322 e. The molecule has 0 radical (unpaired) electrons. The molecule has 0 aliphatic rings. The molecule has 0 heterocycles. The molecule has 0 fully saturated rings. The average Bonchev–Trinajstić information content (AvgIpc) is 2.79. The summed E-state index contributed by atoms with van der Waals surface area (Å²) in [5.74, 6) is -0.677. The van der Waals surface area contributed by atoms with Crippen molar-refractivity contribution < 1.29 is 22.6 Å². The van der Waals surface area contributed by atoms with Crippen molar-refractivity contribution in [1.29, 1.82) is 0 Å². The second-order valence-electron chi connectivity index (χ2n) is 7.52. The maximum absolute atomic E-state index is 12.9. The molecular weight excluding hydrogens is 440 g/mol. The largest absolute Gasteiger partial charge is 0.322 e. The number of rotatable bonds is 5. The molecule has 4 aromatic carbocycles. The molecule has 166 valence electrons. The Balaban J connectivity index is 1.55. The van der Waals surface area contributed by atoms with E-state index in [1.165, 1.54) is 18.2 Å². The monoisotopic (exact) mass is 460 g/mol.